The quantitative estimate of drug-likeness (QED) is 0.316. The van der Waals surface area contributed by atoms with E-state index in [1.165, 1.54) is 20.9 Å². The fourth-order valence-corrected chi connectivity index (χ4v) is 5.53. The molecule has 4 rings (SSSR count). The SMILES string of the molecule is COCCN1CCN(C2Cc3cc(Cl)ccc3Sc3ccccc32)CC1.O=C(O)/C=C/C(=O)O.O=C(O)/C=C/C(=O)O. The van der Waals surface area contributed by atoms with Gasteiger partial charge in [0.15, 0.2) is 0 Å². The predicted octanol–water partition coefficient (Wildman–Crippen LogP) is 3.78. The lowest BCUT2D eigenvalue weighted by Crippen LogP contribution is -2.48. The van der Waals surface area contributed by atoms with E-state index in [4.69, 9.17) is 36.8 Å². The fourth-order valence-electron chi connectivity index (χ4n) is 4.22. The van der Waals surface area contributed by atoms with Crippen LogP contribution in [0, 0.1) is 0 Å². The van der Waals surface area contributed by atoms with Gasteiger partial charge in [-0.3, -0.25) is 9.80 Å². The molecule has 0 amide bonds. The summed E-state index contributed by atoms with van der Waals surface area (Å²) in [5, 5.41) is 32.1. The van der Waals surface area contributed by atoms with E-state index in [2.05, 4.69) is 46.2 Å². The zero-order chi connectivity index (χ0) is 31.1. The van der Waals surface area contributed by atoms with Crippen molar-refractivity contribution in [2.75, 3.05) is 46.4 Å². The molecule has 0 radical (unpaired) electrons. The minimum atomic E-state index is -1.26. The number of rotatable bonds is 8. The van der Waals surface area contributed by atoms with Crippen molar-refractivity contribution >= 4 is 47.2 Å². The van der Waals surface area contributed by atoms with Crippen molar-refractivity contribution in [3.05, 3.63) is 82.9 Å². The zero-order valence-electron chi connectivity index (χ0n) is 22.9. The van der Waals surface area contributed by atoms with Crippen molar-refractivity contribution in [1.82, 2.24) is 9.80 Å². The van der Waals surface area contributed by atoms with Crippen molar-refractivity contribution in [2.45, 2.75) is 22.3 Å². The molecule has 1 fully saturated rings. The van der Waals surface area contributed by atoms with Crippen LogP contribution in [-0.2, 0) is 30.3 Å². The van der Waals surface area contributed by atoms with E-state index in [-0.39, 0.29) is 0 Å². The molecule has 0 saturated carbocycles. The number of benzene rings is 2. The summed E-state index contributed by atoms with van der Waals surface area (Å²) in [4.78, 5) is 46.1. The molecule has 0 aromatic heterocycles. The largest absolute Gasteiger partial charge is 0.478 e. The summed E-state index contributed by atoms with van der Waals surface area (Å²) >= 11 is 8.18. The number of carboxylic acid groups (broad SMARTS) is 4. The highest BCUT2D eigenvalue weighted by Crippen LogP contribution is 2.43. The van der Waals surface area contributed by atoms with E-state index in [9.17, 15) is 19.2 Å². The third-order valence-corrected chi connectivity index (χ3v) is 7.57. The van der Waals surface area contributed by atoms with Gasteiger partial charge in [-0.15, -0.1) is 0 Å². The normalized spacial score (nSPS) is 16.7. The predicted molar refractivity (Wildman–Crippen MR) is 157 cm³/mol. The zero-order valence-corrected chi connectivity index (χ0v) is 24.5. The highest BCUT2D eigenvalue weighted by Gasteiger charge is 2.29. The fraction of sp³-hybridized carbons (Fsp3) is 0.310. The van der Waals surface area contributed by atoms with E-state index < -0.39 is 23.9 Å². The van der Waals surface area contributed by atoms with Crippen LogP contribution in [0.3, 0.4) is 0 Å². The van der Waals surface area contributed by atoms with Gasteiger partial charge in [0.1, 0.15) is 0 Å². The lowest BCUT2D eigenvalue weighted by atomic mass is 9.96. The van der Waals surface area contributed by atoms with Crippen LogP contribution in [-0.4, -0.2) is 101 Å². The van der Waals surface area contributed by atoms with Crippen LogP contribution in [0.25, 0.3) is 0 Å². The minimum Gasteiger partial charge on any atom is -0.478 e. The number of halogens is 1. The van der Waals surface area contributed by atoms with E-state index in [0.29, 0.717) is 30.3 Å². The Kier molecular flexibility index (Phi) is 14.8. The summed E-state index contributed by atoms with van der Waals surface area (Å²) in [5.74, 6) is -5.03. The Balaban J connectivity index is 0.000000319. The van der Waals surface area contributed by atoms with Crippen LogP contribution in [0.1, 0.15) is 17.2 Å². The molecular formula is C29H33ClN2O9S. The number of piperazine rings is 1. The molecule has 0 spiro atoms. The number of nitrogens with zero attached hydrogens (tertiary/aromatic N) is 2. The van der Waals surface area contributed by atoms with Crippen LogP contribution in [0.2, 0.25) is 5.02 Å². The Hall–Kier alpha value is -3.68. The molecular weight excluding hydrogens is 588 g/mol. The lowest BCUT2D eigenvalue weighted by Gasteiger charge is -2.39. The molecule has 0 aliphatic carbocycles. The van der Waals surface area contributed by atoms with Gasteiger partial charge in [0, 0.05) is 85.0 Å². The van der Waals surface area contributed by atoms with E-state index in [1.54, 1.807) is 7.11 Å². The molecule has 226 valence electrons. The van der Waals surface area contributed by atoms with Crippen molar-refractivity contribution in [3.8, 4) is 0 Å². The number of ether oxygens (including phenoxy) is 1. The van der Waals surface area contributed by atoms with E-state index >= 15 is 0 Å². The van der Waals surface area contributed by atoms with Gasteiger partial charge in [0.05, 0.1) is 6.61 Å². The molecule has 2 aromatic rings. The molecule has 13 heteroatoms. The summed E-state index contributed by atoms with van der Waals surface area (Å²) in [7, 11) is 1.78. The van der Waals surface area contributed by atoms with Crippen molar-refractivity contribution in [2.24, 2.45) is 0 Å². The summed E-state index contributed by atoms with van der Waals surface area (Å²) < 4.78 is 5.23. The van der Waals surface area contributed by atoms with Gasteiger partial charge in [0.25, 0.3) is 0 Å². The molecule has 1 unspecified atom stereocenters. The average molecular weight is 621 g/mol. The average Bonchev–Trinajstić information content (AvgIpc) is 3.11. The molecule has 0 bridgehead atoms. The number of hydrogen-bond donors (Lipinski definition) is 4. The maximum atomic E-state index is 9.55. The van der Waals surface area contributed by atoms with Crippen molar-refractivity contribution in [1.29, 1.82) is 0 Å². The highest BCUT2D eigenvalue weighted by molar-refractivity contribution is 7.99. The monoisotopic (exact) mass is 620 g/mol. The van der Waals surface area contributed by atoms with Gasteiger partial charge >= 0.3 is 23.9 Å². The first-order valence-electron chi connectivity index (χ1n) is 12.8. The second-order valence-corrected chi connectivity index (χ2v) is 10.5. The molecule has 2 aliphatic rings. The van der Waals surface area contributed by atoms with Gasteiger partial charge in [-0.2, -0.15) is 0 Å². The molecule has 2 heterocycles. The summed E-state index contributed by atoms with van der Waals surface area (Å²) in [5.41, 5.74) is 2.82. The van der Waals surface area contributed by atoms with Crippen LogP contribution < -0.4 is 0 Å². The van der Waals surface area contributed by atoms with Crippen molar-refractivity contribution < 1.29 is 44.3 Å². The lowest BCUT2D eigenvalue weighted by molar-refractivity contribution is -0.134. The van der Waals surface area contributed by atoms with Crippen molar-refractivity contribution in [3.63, 3.8) is 0 Å². The number of hydrogen-bond acceptors (Lipinski definition) is 8. The van der Waals surface area contributed by atoms with E-state index in [1.807, 2.05) is 17.8 Å². The first kappa shape index (κ1) is 34.5. The number of carbonyl (C=O) groups is 4. The molecule has 1 saturated heterocycles. The number of carboxylic acids is 4. The second kappa shape index (κ2) is 18.0. The Morgan fingerprint density at radius 1 is 0.857 bits per heavy atom. The van der Waals surface area contributed by atoms with Gasteiger partial charge in [0.2, 0.25) is 0 Å². The van der Waals surface area contributed by atoms with Crippen LogP contribution in [0.15, 0.2) is 76.6 Å². The summed E-state index contributed by atoms with van der Waals surface area (Å²) in [6, 6.07) is 15.6. The second-order valence-electron chi connectivity index (χ2n) is 9.00. The molecule has 2 aromatic carbocycles. The molecule has 4 N–H and O–H groups in total. The first-order chi connectivity index (χ1) is 20.0. The number of fused-ring (bicyclic) bond motifs is 2. The summed E-state index contributed by atoms with van der Waals surface area (Å²) in [6.07, 6.45) is 3.26. The highest BCUT2D eigenvalue weighted by atomic mass is 35.5. The van der Waals surface area contributed by atoms with Gasteiger partial charge in [-0.25, -0.2) is 19.2 Å². The van der Waals surface area contributed by atoms with Gasteiger partial charge < -0.3 is 25.2 Å². The van der Waals surface area contributed by atoms with Gasteiger partial charge in [-0.1, -0.05) is 41.6 Å². The van der Waals surface area contributed by atoms with Crippen LogP contribution in [0.4, 0.5) is 0 Å². The molecule has 11 nitrogen and oxygen atoms in total. The minimum absolute atomic E-state index is 0.419. The third-order valence-electron chi connectivity index (χ3n) is 6.13. The number of aliphatic carboxylic acids is 4. The summed E-state index contributed by atoms with van der Waals surface area (Å²) in [6.45, 7) is 6.26. The Morgan fingerprint density at radius 2 is 1.40 bits per heavy atom. The first-order valence-corrected chi connectivity index (χ1v) is 14.0. The number of methoxy groups -OCH3 is 1. The maximum absolute atomic E-state index is 9.55. The Bertz CT molecular complexity index is 1230. The Labute approximate surface area is 252 Å². The maximum Gasteiger partial charge on any atom is 0.328 e. The van der Waals surface area contributed by atoms with Crippen LogP contribution in [0.5, 0.6) is 0 Å². The molecule has 2 aliphatic heterocycles. The Morgan fingerprint density at radius 3 is 1.93 bits per heavy atom. The van der Waals surface area contributed by atoms with Gasteiger partial charge in [-0.05, 0) is 41.8 Å². The smallest absolute Gasteiger partial charge is 0.328 e. The standard InChI is InChI=1S/C21H25ClN2OS.2C4H4O4/c1-25-13-12-23-8-10-24(11-9-23)19-15-16-14-17(22)6-7-20(16)26-21-5-3-2-4-18(19)21;2*5-3(6)1-2-4(7)8/h2-7,14,19H,8-13,15H2,1H3;2*1-2H,(H,5,6)(H,7,8)/b;2*2-1+. The third kappa shape index (κ3) is 12.5. The molecule has 1 atom stereocenters. The van der Waals surface area contributed by atoms with E-state index in [0.717, 1.165) is 50.8 Å². The van der Waals surface area contributed by atoms with Crippen LogP contribution >= 0.6 is 23.4 Å². The molecule has 42 heavy (non-hydrogen) atoms. The topological polar surface area (TPSA) is 165 Å².